The number of ether oxygens (including phenoxy) is 1. The molecule has 0 bridgehead atoms. The highest BCUT2D eigenvalue weighted by Gasteiger charge is 2.13. The molecule has 1 amide bonds. The van der Waals surface area contributed by atoms with E-state index in [0.29, 0.717) is 49.6 Å². The van der Waals surface area contributed by atoms with Gasteiger partial charge in [0.2, 0.25) is 5.89 Å². The predicted octanol–water partition coefficient (Wildman–Crippen LogP) is 6.06. The zero-order valence-corrected chi connectivity index (χ0v) is 16.2. The molecular weight excluding hydrogens is 399 g/mol. The number of carbonyl (C=O) groups is 1. The quantitative estimate of drug-likeness (QED) is 0.442. The van der Waals surface area contributed by atoms with Gasteiger partial charge in [-0.2, -0.15) is 0 Å². The number of halogens is 2. The molecule has 140 valence electrons. The first-order valence-corrected chi connectivity index (χ1v) is 9.10. The smallest absolute Gasteiger partial charge is 0.255 e. The number of aromatic nitrogens is 1. The summed E-state index contributed by atoms with van der Waals surface area (Å²) in [4.78, 5) is 17.0. The second-order valence-corrected chi connectivity index (χ2v) is 6.86. The molecule has 4 rings (SSSR count). The molecule has 0 aliphatic rings. The van der Waals surface area contributed by atoms with Crippen molar-refractivity contribution >= 4 is 45.9 Å². The molecule has 1 heterocycles. The summed E-state index contributed by atoms with van der Waals surface area (Å²) in [6, 6.07) is 17.3. The molecule has 0 unspecified atom stereocenters. The van der Waals surface area contributed by atoms with Crippen molar-refractivity contribution in [3.63, 3.8) is 0 Å². The van der Waals surface area contributed by atoms with Gasteiger partial charge in [0.25, 0.3) is 5.91 Å². The topological polar surface area (TPSA) is 64.4 Å². The number of nitrogens with zero attached hydrogens (tertiary/aromatic N) is 1. The lowest BCUT2D eigenvalue weighted by Gasteiger charge is -2.06. The van der Waals surface area contributed by atoms with Crippen molar-refractivity contribution in [1.82, 2.24) is 4.98 Å². The Kier molecular flexibility index (Phi) is 4.94. The van der Waals surface area contributed by atoms with E-state index in [1.165, 1.54) is 0 Å². The zero-order chi connectivity index (χ0) is 19.7. The van der Waals surface area contributed by atoms with Crippen molar-refractivity contribution in [2.24, 2.45) is 0 Å². The highest BCUT2D eigenvalue weighted by atomic mass is 35.5. The summed E-state index contributed by atoms with van der Waals surface area (Å²) in [5.74, 6) is 0.750. The Morgan fingerprint density at radius 3 is 2.71 bits per heavy atom. The number of amides is 1. The monoisotopic (exact) mass is 412 g/mol. The summed E-state index contributed by atoms with van der Waals surface area (Å²) >= 11 is 12.2. The summed E-state index contributed by atoms with van der Waals surface area (Å²) < 4.78 is 10.9. The number of carbonyl (C=O) groups excluding carboxylic acids is 1. The van der Waals surface area contributed by atoms with Crippen molar-refractivity contribution in [3.05, 3.63) is 76.3 Å². The Hall–Kier alpha value is -3.02. The van der Waals surface area contributed by atoms with Crippen molar-refractivity contribution in [2.45, 2.75) is 0 Å². The number of nitrogens with one attached hydrogen (secondary N) is 1. The average molecular weight is 413 g/mol. The number of benzene rings is 3. The lowest BCUT2D eigenvalue weighted by atomic mass is 10.2. The molecule has 7 heteroatoms. The van der Waals surface area contributed by atoms with Gasteiger partial charge in [0.15, 0.2) is 5.58 Å². The molecule has 0 radical (unpaired) electrons. The molecule has 3 aromatic carbocycles. The normalized spacial score (nSPS) is 10.8. The van der Waals surface area contributed by atoms with Gasteiger partial charge < -0.3 is 14.5 Å². The fourth-order valence-corrected chi connectivity index (χ4v) is 3.24. The first-order valence-electron chi connectivity index (χ1n) is 8.35. The Morgan fingerprint density at radius 2 is 1.93 bits per heavy atom. The molecule has 5 nitrogen and oxygen atoms in total. The Balaban J connectivity index is 1.62. The summed E-state index contributed by atoms with van der Waals surface area (Å²) in [7, 11) is 1.56. The summed E-state index contributed by atoms with van der Waals surface area (Å²) in [5.41, 5.74) is 2.92. The second kappa shape index (κ2) is 7.54. The van der Waals surface area contributed by atoms with Crippen LogP contribution in [0, 0.1) is 0 Å². The fourth-order valence-electron chi connectivity index (χ4n) is 2.75. The van der Waals surface area contributed by atoms with Crippen LogP contribution >= 0.6 is 23.2 Å². The van der Waals surface area contributed by atoms with Gasteiger partial charge in [0.05, 0.1) is 17.7 Å². The van der Waals surface area contributed by atoms with Gasteiger partial charge in [0.1, 0.15) is 11.3 Å². The van der Waals surface area contributed by atoms with E-state index in [1.807, 2.05) is 0 Å². The van der Waals surface area contributed by atoms with Gasteiger partial charge in [-0.25, -0.2) is 4.98 Å². The number of rotatable bonds is 4. The van der Waals surface area contributed by atoms with E-state index in [-0.39, 0.29) is 5.91 Å². The molecule has 28 heavy (non-hydrogen) atoms. The number of anilines is 1. The van der Waals surface area contributed by atoms with Crippen LogP contribution in [0.2, 0.25) is 10.0 Å². The summed E-state index contributed by atoms with van der Waals surface area (Å²) in [5, 5.41) is 3.83. The number of hydrogen-bond donors (Lipinski definition) is 1. The third kappa shape index (κ3) is 3.67. The molecule has 4 aromatic rings. The summed E-state index contributed by atoms with van der Waals surface area (Å²) in [6.45, 7) is 0. The maximum absolute atomic E-state index is 12.5. The first kappa shape index (κ1) is 18.3. The van der Waals surface area contributed by atoms with Crippen LogP contribution < -0.4 is 10.1 Å². The Labute approximate surface area is 170 Å². The number of methoxy groups -OCH3 is 1. The molecule has 0 fully saturated rings. The fraction of sp³-hybridized carbons (Fsp3) is 0.0476. The average Bonchev–Trinajstić information content (AvgIpc) is 3.11. The van der Waals surface area contributed by atoms with E-state index >= 15 is 0 Å². The molecule has 0 spiro atoms. The van der Waals surface area contributed by atoms with Crippen molar-refractivity contribution in [2.75, 3.05) is 12.4 Å². The zero-order valence-electron chi connectivity index (χ0n) is 14.7. The Morgan fingerprint density at radius 1 is 1.07 bits per heavy atom. The van der Waals surface area contributed by atoms with Crippen LogP contribution in [0.1, 0.15) is 10.4 Å². The van der Waals surface area contributed by atoms with E-state index in [4.69, 9.17) is 32.4 Å². The van der Waals surface area contributed by atoms with Gasteiger partial charge in [-0.1, -0.05) is 29.3 Å². The van der Waals surface area contributed by atoms with Crippen LogP contribution in [0.5, 0.6) is 5.75 Å². The van der Waals surface area contributed by atoms with Gasteiger partial charge in [-0.05, 0) is 54.6 Å². The minimum Gasteiger partial charge on any atom is -0.497 e. The van der Waals surface area contributed by atoms with Gasteiger partial charge >= 0.3 is 0 Å². The lowest BCUT2D eigenvalue weighted by molar-refractivity contribution is 0.102. The highest BCUT2D eigenvalue weighted by molar-refractivity contribution is 6.36. The molecule has 0 saturated heterocycles. The standard InChI is InChI=1S/C21H14Cl2N2O3/c1-27-15-4-2-3-12(9-15)20(26)24-14-6-8-19-18(11-14)25-21(28-19)16-7-5-13(22)10-17(16)23/h2-11H,1H3,(H,24,26). The maximum atomic E-state index is 12.5. The van der Waals surface area contributed by atoms with Crippen molar-refractivity contribution < 1.29 is 13.9 Å². The van der Waals surface area contributed by atoms with Crippen LogP contribution in [-0.4, -0.2) is 18.0 Å². The lowest BCUT2D eigenvalue weighted by Crippen LogP contribution is -2.11. The van der Waals surface area contributed by atoms with E-state index in [9.17, 15) is 4.79 Å². The van der Waals surface area contributed by atoms with Crippen LogP contribution in [0.4, 0.5) is 5.69 Å². The number of hydrogen-bond acceptors (Lipinski definition) is 4. The molecule has 0 aliphatic carbocycles. The van der Waals surface area contributed by atoms with E-state index in [2.05, 4.69) is 10.3 Å². The van der Waals surface area contributed by atoms with Crippen molar-refractivity contribution in [3.8, 4) is 17.2 Å². The van der Waals surface area contributed by atoms with Gasteiger partial charge in [-0.15, -0.1) is 0 Å². The minimum absolute atomic E-state index is 0.247. The molecular formula is C21H14Cl2N2O3. The molecule has 0 aliphatic heterocycles. The third-order valence-electron chi connectivity index (χ3n) is 4.14. The molecule has 0 atom stereocenters. The van der Waals surface area contributed by atoms with Crippen LogP contribution in [0.25, 0.3) is 22.6 Å². The van der Waals surface area contributed by atoms with Gasteiger partial charge in [0, 0.05) is 16.3 Å². The third-order valence-corrected chi connectivity index (χ3v) is 4.69. The van der Waals surface area contributed by atoms with E-state index in [0.717, 1.165) is 0 Å². The first-order chi connectivity index (χ1) is 13.5. The van der Waals surface area contributed by atoms with E-state index < -0.39 is 0 Å². The predicted molar refractivity (Wildman–Crippen MR) is 110 cm³/mol. The van der Waals surface area contributed by atoms with E-state index in [1.54, 1.807) is 67.8 Å². The highest BCUT2D eigenvalue weighted by Crippen LogP contribution is 2.32. The number of oxazole rings is 1. The van der Waals surface area contributed by atoms with Gasteiger partial charge in [-0.3, -0.25) is 4.79 Å². The molecule has 1 aromatic heterocycles. The molecule has 0 saturated carbocycles. The Bertz CT molecular complexity index is 1190. The minimum atomic E-state index is -0.247. The summed E-state index contributed by atoms with van der Waals surface area (Å²) in [6.07, 6.45) is 0. The van der Waals surface area contributed by atoms with Crippen LogP contribution in [0.15, 0.2) is 65.1 Å². The van der Waals surface area contributed by atoms with Crippen molar-refractivity contribution in [1.29, 1.82) is 0 Å². The molecule has 1 N–H and O–H groups in total. The number of fused-ring (bicyclic) bond motifs is 1. The van der Waals surface area contributed by atoms with Crippen LogP contribution in [-0.2, 0) is 0 Å². The maximum Gasteiger partial charge on any atom is 0.255 e. The SMILES string of the molecule is COc1cccc(C(=O)Nc2ccc3oc(-c4ccc(Cl)cc4Cl)nc3c2)c1. The van der Waals surface area contributed by atoms with Crippen LogP contribution in [0.3, 0.4) is 0 Å². The second-order valence-electron chi connectivity index (χ2n) is 6.01. The largest absolute Gasteiger partial charge is 0.497 e.